The zero-order valence-electron chi connectivity index (χ0n) is 11.8. The van der Waals surface area contributed by atoms with E-state index < -0.39 is 5.60 Å². The number of nitrogens with one attached hydrogen (secondary N) is 1. The molecule has 108 valence electrons. The molecule has 0 aliphatic carbocycles. The standard InChI is InChI=1S/C15H20N2O2S/c1-3-15(19,4-2)11-17-14(18)12-7-5-6-8-13(12)20-10-9-16/h5-8,19H,3-4,10-11H2,1-2H3,(H,17,18). The molecule has 0 atom stereocenters. The van der Waals surface area contributed by atoms with Crippen molar-refractivity contribution in [3.8, 4) is 6.07 Å². The number of carbonyl (C=O) groups is 1. The highest BCUT2D eigenvalue weighted by molar-refractivity contribution is 7.99. The Hall–Kier alpha value is -1.51. The van der Waals surface area contributed by atoms with Crippen LogP contribution in [0.4, 0.5) is 0 Å². The largest absolute Gasteiger partial charge is 0.388 e. The molecule has 0 saturated carbocycles. The number of rotatable bonds is 7. The van der Waals surface area contributed by atoms with Gasteiger partial charge in [-0.25, -0.2) is 0 Å². The molecule has 20 heavy (non-hydrogen) atoms. The van der Waals surface area contributed by atoms with E-state index in [1.807, 2.05) is 32.0 Å². The summed E-state index contributed by atoms with van der Waals surface area (Å²) in [7, 11) is 0. The van der Waals surface area contributed by atoms with E-state index in [1.165, 1.54) is 11.8 Å². The van der Waals surface area contributed by atoms with Gasteiger partial charge in [-0.1, -0.05) is 26.0 Å². The second kappa shape index (κ2) is 7.93. The Balaban J connectivity index is 2.75. The third-order valence-corrected chi connectivity index (χ3v) is 4.26. The summed E-state index contributed by atoms with van der Waals surface area (Å²) in [5.74, 6) is 0.0874. The van der Waals surface area contributed by atoms with Crippen LogP contribution in [0, 0.1) is 11.3 Å². The zero-order valence-corrected chi connectivity index (χ0v) is 12.7. The van der Waals surface area contributed by atoms with Crippen molar-refractivity contribution in [2.45, 2.75) is 37.2 Å². The van der Waals surface area contributed by atoms with Gasteiger partial charge in [-0.15, -0.1) is 11.8 Å². The molecule has 0 radical (unpaired) electrons. The minimum absolute atomic E-state index is 0.216. The molecule has 2 N–H and O–H groups in total. The molecular formula is C15H20N2O2S. The van der Waals surface area contributed by atoms with Crippen LogP contribution in [-0.2, 0) is 0 Å². The van der Waals surface area contributed by atoms with Crippen LogP contribution in [0.2, 0.25) is 0 Å². The molecule has 0 aliphatic rings. The lowest BCUT2D eigenvalue weighted by Crippen LogP contribution is -2.42. The van der Waals surface area contributed by atoms with E-state index in [9.17, 15) is 9.90 Å². The lowest BCUT2D eigenvalue weighted by Gasteiger charge is -2.25. The van der Waals surface area contributed by atoms with Crippen LogP contribution in [0.3, 0.4) is 0 Å². The minimum atomic E-state index is -0.857. The molecule has 0 aromatic heterocycles. The number of nitriles is 1. The van der Waals surface area contributed by atoms with Crippen LogP contribution >= 0.6 is 11.8 Å². The number of hydrogen-bond donors (Lipinski definition) is 2. The van der Waals surface area contributed by atoms with E-state index in [4.69, 9.17) is 5.26 Å². The monoisotopic (exact) mass is 292 g/mol. The van der Waals surface area contributed by atoms with Crippen molar-refractivity contribution >= 4 is 17.7 Å². The Morgan fingerprint density at radius 2 is 2.05 bits per heavy atom. The highest BCUT2D eigenvalue weighted by Gasteiger charge is 2.23. The maximum Gasteiger partial charge on any atom is 0.252 e. The first kappa shape index (κ1) is 16.5. The summed E-state index contributed by atoms with van der Waals surface area (Å²) in [4.78, 5) is 13.0. The Bertz CT molecular complexity index is 493. The average Bonchev–Trinajstić information content (AvgIpc) is 2.50. The molecular weight excluding hydrogens is 272 g/mol. The van der Waals surface area contributed by atoms with E-state index >= 15 is 0 Å². The number of thioether (sulfide) groups is 1. The zero-order chi connectivity index (χ0) is 15.0. The SMILES string of the molecule is CCC(O)(CC)CNC(=O)c1ccccc1SCC#N. The van der Waals surface area contributed by atoms with Crippen LogP contribution < -0.4 is 5.32 Å². The predicted octanol–water partition coefficient (Wildman–Crippen LogP) is 2.58. The van der Waals surface area contributed by atoms with Crippen LogP contribution in [0.1, 0.15) is 37.0 Å². The molecule has 1 aromatic carbocycles. The van der Waals surface area contributed by atoms with Crippen molar-refractivity contribution in [1.29, 1.82) is 5.26 Å². The van der Waals surface area contributed by atoms with Gasteiger partial charge in [-0.05, 0) is 25.0 Å². The molecule has 0 heterocycles. The Labute approximate surface area is 124 Å². The van der Waals surface area contributed by atoms with Crippen molar-refractivity contribution in [3.05, 3.63) is 29.8 Å². The summed E-state index contributed by atoms with van der Waals surface area (Å²) >= 11 is 1.34. The first-order chi connectivity index (χ1) is 9.56. The maximum atomic E-state index is 12.2. The second-order valence-electron chi connectivity index (χ2n) is 4.56. The lowest BCUT2D eigenvalue weighted by molar-refractivity contribution is 0.0313. The predicted molar refractivity (Wildman–Crippen MR) is 80.6 cm³/mol. The van der Waals surface area contributed by atoms with Crippen molar-refractivity contribution in [2.75, 3.05) is 12.3 Å². The third-order valence-electron chi connectivity index (χ3n) is 3.32. The summed E-state index contributed by atoms with van der Waals surface area (Å²) in [5.41, 5.74) is -0.313. The first-order valence-corrected chi connectivity index (χ1v) is 7.64. The van der Waals surface area contributed by atoms with Crippen molar-refractivity contribution in [2.24, 2.45) is 0 Å². The highest BCUT2D eigenvalue weighted by Crippen LogP contribution is 2.22. The number of amides is 1. The normalized spacial score (nSPS) is 10.9. The molecule has 1 aromatic rings. The summed E-state index contributed by atoms with van der Waals surface area (Å²) in [6.07, 6.45) is 1.18. The van der Waals surface area contributed by atoms with Crippen LogP contribution in [0.15, 0.2) is 29.2 Å². The summed E-state index contributed by atoms with van der Waals surface area (Å²) in [6.45, 7) is 4.02. The van der Waals surface area contributed by atoms with Crippen molar-refractivity contribution in [1.82, 2.24) is 5.32 Å². The summed E-state index contributed by atoms with van der Waals surface area (Å²) in [5, 5.41) is 21.6. The quantitative estimate of drug-likeness (QED) is 0.758. The number of hydrogen-bond acceptors (Lipinski definition) is 4. The van der Waals surface area contributed by atoms with E-state index in [0.29, 0.717) is 24.2 Å². The lowest BCUT2D eigenvalue weighted by atomic mass is 9.97. The van der Waals surface area contributed by atoms with Crippen molar-refractivity contribution < 1.29 is 9.90 Å². The smallest absolute Gasteiger partial charge is 0.252 e. The number of carbonyl (C=O) groups excluding carboxylic acids is 1. The minimum Gasteiger partial charge on any atom is -0.388 e. The first-order valence-electron chi connectivity index (χ1n) is 6.65. The van der Waals surface area contributed by atoms with Gasteiger partial charge in [0.05, 0.1) is 23.0 Å². The van der Waals surface area contributed by atoms with Gasteiger partial charge in [0.1, 0.15) is 0 Å². The Kier molecular flexibility index (Phi) is 6.56. The van der Waals surface area contributed by atoms with Gasteiger partial charge < -0.3 is 10.4 Å². The van der Waals surface area contributed by atoms with Gasteiger partial charge >= 0.3 is 0 Å². The van der Waals surface area contributed by atoms with Gasteiger partial charge in [0.25, 0.3) is 5.91 Å². The Morgan fingerprint density at radius 3 is 2.65 bits per heavy atom. The molecule has 0 aliphatic heterocycles. The third kappa shape index (κ3) is 4.55. The van der Waals surface area contributed by atoms with Gasteiger partial charge in [0.15, 0.2) is 0 Å². The fourth-order valence-electron chi connectivity index (χ4n) is 1.73. The fourth-order valence-corrected chi connectivity index (χ4v) is 2.44. The van der Waals surface area contributed by atoms with E-state index in [1.54, 1.807) is 12.1 Å². The Morgan fingerprint density at radius 1 is 1.40 bits per heavy atom. The number of nitrogens with zero attached hydrogens (tertiary/aromatic N) is 1. The maximum absolute atomic E-state index is 12.2. The average molecular weight is 292 g/mol. The van der Waals surface area contributed by atoms with Crippen LogP contribution in [-0.4, -0.2) is 28.9 Å². The molecule has 0 saturated heterocycles. The van der Waals surface area contributed by atoms with E-state index in [2.05, 4.69) is 5.32 Å². The molecule has 0 spiro atoms. The van der Waals surface area contributed by atoms with Gasteiger partial charge in [0.2, 0.25) is 0 Å². The van der Waals surface area contributed by atoms with Crippen molar-refractivity contribution in [3.63, 3.8) is 0 Å². The molecule has 1 amide bonds. The van der Waals surface area contributed by atoms with Crippen LogP contribution in [0.5, 0.6) is 0 Å². The molecule has 0 fully saturated rings. The number of aliphatic hydroxyl groups is 1. The topological polar surface area (TPSA) is 73.1 Å². The molecule has 1 rings (SSSR count). The van der Waals surface area contributed by atoms with Gasteiger partial charge in [-0.2, -0.15) is 5.26 Å². The molecule has 0 unspecified atom stereocenters. The number of benzene rings is 1. The molecule has 5 heteroatoms. The van der Waals surface area contributed by atoms with Crippen LogP contribution in [0.25, 0.3) is 0 Å². The fraction of sp³-hybridized carbons (Fsp3) is 0.467. The summed E-state index contributed by atoms with van der Waals surface area (Å²) in [6, 6.07) is 9.23. The van der Waals surface area contributed by atoms with Gasteiger partial charge in [0, 0.05) is 11.4 Å². The summed E-state index contributed by atoms with van der Waals surface area (Å²) < 4.78 is 0. The van der Waals surface area contributed by atoms with E-state index in [-0.39, 0.29) is 12.5 Å². The second-order valence-corrected chi connectivity index (χ2v) is 5.57. The van der Waals surface area contributed by atoms with E-state index in [0.717, 1.165) is 4.90 Å². The highest BCUT2D eigenvalue weighted by atomic mass is 32.2. The van der Waals surface area contributed by atoms with Gasteiger partial charge in [-0.3, -0.25) is 4.79 Å². The molecule has 0 bridgehead atoms. The molecule has 4 nitrogen and oxygen atoms in total.